The Kier molecular flexibility index (Phi) is 4.25. The fourth-order valence-corrected chi connectivity index (χ4v) is 3.21. The van der Waals surface area contributed by atoms with E-state index in [9.17, 15) is 4.79 Å². The average Bonchev–Trinajstić information content (AvgIpc) is 2.55. The van der Waals surface area contributed by atoms with E-state index in [0.717, 1.165) is 45.7 Å². The van der Waals surface area contributed by atoms with E-state index < -0.39 is 0 Å². The van der Waals surface area contributed by atoms with Crippen LogP contribution in [0.1, 0.15) is 5.56 Å². The van der Waals surface area contributed by atoms with Crippen LogP contribution < -0.4 is 5.32 Å². The molecule has 2 aliphatic heterocycles. The summed E-state index contributed by atoms with van der Waals surface area (Å²) in [6.07, 6.45) is 2.79. The van der Waals surface area contributed by atoms with Crippen molar-refractivity contribution in [3.8, 4) is 0 Å². The molecule has 1 atom stereocenters. The highest BCUT2D eigenvalue weighted by molar-refractivity contribution is 5.81. The van der Waals surface area contributed by atoms with Gasteiger partial charge in [-0.3, -0.25) is 9.69 Å². The number of hydrogen-bond donors (Lipinski definition) is 1. The molecule has 1 saturated heterocycles. The number of amides is 1. The minimum Gasteiger partial charge on any atom is -0.384 e. The van der Waals surface area contributed by atoms with Gasteiger partial charge in [0.25, 0.3) is 0 Å². The molecule has 0 aliphatic carbocycles. The lowest BCUT2D eigenvalue weighted by molar-refractivity contribution is -0.136. The first kappa shape index (κ1) is 14.1. The van der Waals surface area contributed by atoms with Crippen molar-refractivity contribution in [2.45, 2.75) is 6.42 Å². The third-order valence-electron chi connectivity index (χ3n) is 4.44. The molecule has 1 unspecified atom stereocenters. The molecule has 3 rings (SSSR count). The van der Waals surface area contributed by atoms with E-state index in [0.29, 0.717) is 5.91 Å². The molecule has 0 radical (unpaired) electrons. The van der Waals surface area contributed by atoms with Crippen LogP contribution in [0.25, 0.3) is 0 Å². The van der Waals surface area contributed by atoms with E-state index in [-0.39, 0.29) is 5.92 Å². The monoisotopic (exact) mass is 285 g/mol. The van der Waals surface area contributed by atoms with Crippen molar-refractivity contribution in [2.24, 2.45) is 5.92 Å². The zero-order chi connectivity index (χ0) is 14.7. The van der Waals surface area contributed by atoms with E-state index in [1.54, 1.807) is 0 Å². The molecule has 0 spiro atoms. The number of rotatable bonds is 3. The minimum atomic E-state index is 0.0749. The van der Waals surface area contributed by atoms with Crippen LogP contribution >= 0.6 is 0 Å². The summed E-state index contributed by atoms with van der Waals surface area (Å²) in [4.78, 5) is 17.0. The van der Waals surface area contributed by atoms with Crippen molar-refractivity contribution in [3.05, 3.63) is 42.5 Å². The fraction of sp³-hybridized carbons (Fsp3) is 0.471. The normalized spacial score (nSPS) is 22.3. The molecular formula is C17H23N3O. The van der Waals surface area contributed by atoms with Crippen molar-refractivity contribution >= 4 is 11.6 Å². The predicted molar refractivity (Wildman–Crippen MR) is 85.3 cm³/mol. The highest BCUT2D eigenvalue weighted by Crippen LogP contribution is 2.25. The molecule has 0 bridgehead atoms. The summed E-state index contributed by atoms with van der Waals surface area (Å²) >= 11 is 0. The van der Waals surface area contributed by atoms with Gasteiger partial charge in [-0.15, -0.1) is 6.58 Å². The van der Waals surface area contributed by atoms with E-state index in [2.05, 4.69) is 28.9 Å². The molecule has 112 valence electrons. The van der Waals surface area contributed by atoms with Crippen LogP contribution in [-0.2, 0) is 11.2 Å². The number of nitrogens with zero attached hydrogens (tertiary/aromatic N) is 2. The molecule has 21 heavy (non-hydrogen) atoms. The molecule has 1 aromatic carbocycles. The van der Waals surface area contributed by atoms with Gasteiger partial charge in [0.15, 0.2) is 0 Å². The lowest BCUT2D eigenvalue weighted by Gasteiger charge is -2.37. The first-order valence-electron chi connectivity index (χ1n) is 7.71. The predicted octanol–water partition coefficient (Wildman–Crippen LogP) is 1.60. The van der Waals surface area contributed by atoms with Crippen molar-refractivity contribution in [3.63, 3.8) is 0 Å². The van der Waals surface area contributed by atoms with Crippen molar-refractivity contribution in [2.75, 3.05) is 44.6 Å². The van der Waals surface area contributed by atoms with Gasteiger partial charge in [0.05, 0.1) is 5.92 Å². The van der Waals surface area contributed by atoms with Gasteiger partial charge < -0.3 is 10.2 Å². The van der Waals surface area contributed by atoms with Gasteiger partial charge in [-0.05, 0) is 18.1 Å². The second-order valence-corrected chi connectivity index (χ2v) is 5.85. The van der Waals surface area contributed by atoms with Crippen LogP contribution in [0.4, 0.5) is 5.69 Å². The third kappa shape index (κ3) is 3.10. The lowest BCUT2D eigenvalue weighted by atomic mass is 9.92. The topological polar surface area (TPSA) is 35.6 Å². The number of nitrogens with one attached hydrogen (secondary N) is 1. The molecule has 4 heteroatoms. The summed E-state index contributed by atoms with van der Waals surface area (Å²) in [5, 5.41) is 3.39. The van der Waals surface area contributed by atoms with Crippen LogP contribution in [0.5, 0.6) is 0 Å². The highest BCUT2D eigenvalue weighted by atomic mass is 16.2. The number of carbonyl (C=O) groups excluding carboxylic acids is 1. The largest absolute Gasteiger partial charge is 0.384 e. The maximum atomic E-state index is 12.7. The Bertz CT molecular complexity index is 521. The van der Waals surface area contributed by atoms with Gasteiger partial charge in [-0.2, -0.15) is 0 Å². The average molecular weight is 285 g/mol. The van der Waals surface area contributed by atoms with Crippen molar-refractivity contribution < 1.29 is 4.79 Å². The van der Waals surface area contributed by atoms with Gasteiger partial charge in [0.1, 0.15) is 0 Å². The maximum absolute atomic E-state index is 12.7. The van der Waals surface area contributed by atoms with E-state index >= 15 is 0 Å². The second kappa shape index (κ2) is 6.31. The van der Waals surface area contributed by atoms with Crippen LogP contribution in [0.2, 0.25) is 0 Å². The fourth-order valence-electron chi connectivity index (χ4n) is 3.21. The standard InChI is InChI=1S/C17H23N3O/c1-2-7-19-8-10-20(11-9-19)17(21)15-12-14-5-3-4-6-16(14)18-13-15/h2-6,15,18H,1,7-13H2. The number of anilines is 1. The van der Waals surface area contributed by atoms with E-state index in [1.165, 1.54) is 11.3 Å². The van der Waals surface area contributed by atoms with Crippen LogP contribution in [0.15, 0.2) is 36.9 Å². The zero-order valence-electron chi connectivity index (χ0n) is 12.4. The lowest BCUT2D eigenvalue weighted by Crippen LogP contribution is -2.51. The van der Waals surface area contributed by atoms with Gasteiger partial charge >= 0.3 is 0 Å². The molecule has 1 aromatic rings. The highest BCUT2D eigenvalue weighted by Gasteiger charge is 2.29. The number of carbonyl (C=O) groups is 1. The summed E-state index contributed by atoms with van der Waals surface area (Å²) in [7, 11) is 0. The van der Waals surface area contributed by atoms with Crippen molar-refractivity contribution in [1.82, 2.24) is 9.80 Å². The molecule has 1 fully saturated rings. The molecule has 0 aromatic heterocycles. The van der Waals surface area contributed by atoms with Crippen LogP contribution in [-0.4, -0.2) is 55.0 Å². The Morgan fingerprint density at radius 1 is 1.29 bits per heavy atom. The molecule has 2 aliphatic rings. The Balaban J connectivity index is 1.59. The molecule has 2 heterocycles. The van der Waals surface area contributed by atoms with Gasteiger partial charge in [-0.25, -0.2) is 0 Å². The Morgan fingerprint density at radius 2 is 2.05 bits per heavy atom. The molecule has 0 saturated carbocycles. The Morgan fingerprint density at radius 3 is 2.81 bits per heavy atom. The molecule has 1 N–H and O–H groups in total. The SMILES string of the molecule is C=CCN1CCN(C(=O)C2CNc3ccccc3C2)CC1. The summed E-state index contributed by atoms with van der Waals surface area (Å²) in [5.41, 5.74) is 2.43. The molecule has 4 nitrogen and oxygen atoms in total. The van der Waals surface area contributed by atoms with Gasteiger partial charge in [0, 0.05) is 45.0 Å². The maximum Gasteiger partial charge on any atom is 0.227 e. The van der Waals surface area contributed by atoms with Crippen LogP contribution in [0.3, 0.4) is 0 Å². The quantitative estimate of drug-likeness (QED) is 0.857. The Labute approximate surface area is 126 Å². The first-order chi connectivity index (χ1) is 10.3. The van der Waals surface area contributed by atoms with E-state index in [4.69, 9.17) is 0 Å². The number of para-hydroxylation sites is 1. The number of hydrogen-bond acceptors (Lipinski definition) is 3. The zero-order valence-corrected chi connectivity index (χ0v) is 12.4. The Hall–Kier alpha value is -1.81. The summed E-state index contributed by atoms with van der Waals surface area (Å²) in [6.45, 7) is 9.02. The molecular weight excluding hydrogens is 262 g/mol. The number of benzene rings is 1. The van der Waals surface area contributed by atoms with E-state index in [1.807, 2.05) is 23.1 Å². The second-order valence-electron chi connectivity index (χ2n) is 5.85. The first-order valence-corrected chi connectivity index (χ1v) is 7.71. The summed E-state index contributed by atoms with van der Waals surface area (Å²) in [5.74, 6) is 0.376. The summed E-state index contributed by atoms with van der Waals surface area (Å²) < 4.78 is 0. The minimum absolute atomic E-state index is 0.0749. The van der Waals surface area contributed by atoms with Crippen molar-refractivity contribution in [1.29, 1.82) is 0 Å². The van der Waals surface area contributed by atoms with Gasteiger partial charge in [0.2, 0.25) is 5.91 Å². The number of fused-ring (bicyclic) bond motifs is 1. The third-order valence-corrected chi connectivity index (χ3v) is 4.44. The smallest absolute Gasteiger partial charge is 0.227 e. The summed E-state index contributed by atoms with van der Waals surface area (Å²) in [6, 6.07) is 8.28. The van der Waals surface area contributed by atoms with Gasteiger partial charge in [-0.1, -0.05) is 24.3 Å². The number of piperazine rings is 1. The van der Waals surface area contributed by atoms with Crippen LogP contribution in [0, 0.1) is 5.92 Å². The molecule has 1 amide bonds.